The Morgan fingerprint density at radius 2 is 1.89 bits per heavy atom. The fourth-order valence-electron chi connectivity index (χ4n) is 3.00. The summed E-state index contributed by atoms with van der Waals surface area (Å²) in [6.07, 6.45) is 6.09. The van der Waals surface area contributed by atoms with Crippen LogP contribution in [0.3, 0.4) is 0 Å². The van der Waals surface area contributed by atoms with Crippen LogP contribution < -0.4 is 5.32 Å². The maximum atomic E-state index is 11.6. The summed E-state index contributed by atoms with van der Waals surface area (Å²) in [6, 6.07) is 8.46. The lowest BCUT2D eigenvalue weighted by Gasteiger charge is -2.29. The molecule has 3 heteroatoms. The van der Waals surface area contributed by atoms with Gasteiger partial charge in [0, 0.05) is 0 Å². The van der Waals surface area contributed by atoms with Gasteiger partial charge in [-0.05, 0) is 30.4 Å². The van der Waals surface area contributed by atoms with Crippen LogP contribution >= 0.6 is 0 Å². The number of unbranched alkanes of at least 4 members (excludes halogenated alkanes) is 2. The van der Waals surface area contributed by atoms with E-state index in [1.807, 2.05) is 0 Å². The quantitative estimate of drug-likeness (QED) is 0.824. The van der Waals surface area contributed by atoms with Crippen molar-refractivity contribution in [1.29, 1.82) is 0 Å². The zero-order valence-corrected chi connectivity index (χ0v) is 11.9. The Kier molecular flexibility index (Phi) is 4.46. The van der Waals surface area contributed by atoms with Crippen LogP contribution in [0.25, 0.3) is 0 Å². The van der Waals surface area contributed by atoms with Gasteiger partial charge in [0.05, 0.1) is 12.6 Å². The minimum atomic E-state index is -0.315. The third-order valence-corrected chi connectivity index (χ3v) is 3.99. The Morgan fingerprint density at radius 3 is 2.42 bits per heavy atom. The normalized spacial score (nSPS) is 15.9. The highest BCUT2D eigenvalue weighted by Crippen LogP contribution is 2.34. The highest BCUT2D eigenvalue weighted by atomic mass is 16.5. The number of carbonyl (C=O) groups is 1. The van der Waals surface area contributed by atoms with Gasteiger partial charge >= 0.3 is 6.09 Å². The van der Waals surface area contributed by atoms with Gasteiger partial charge < -0.3 is 10.1 Å². The molecule has 0 aromatic heterocycles. The Labute approximate surface area is 115 Å². The predicted molar refractivity (Wildman–Crippen MR) is 76.3 cm³/mol. The highest BCUT2D eigenvalue weighted by Gasteiger charge is 2.38. The van der Waals surface area contributed by atoms with Crippen molar-refractivity contribution in [1.82, 2.24) is 5.32 Å². The SMILES string of the molecule is CCCCCC1(NC(=O)OC)Cc2ccccc2C1. The van der Waals surface area contributed by atoms with E-state index in [2.05, 4.69) is 36.5 Å². The van der Waals surface area contributed by atoms with Crippen LogP contribution in [0.5, 0.6) is 0 Å². The molecule has 3 nitrogen and oxygen atoms in total. The van der Waals surface area contributed by atoms with Crippen LogP contribution in [-0.2, 0) is 17.6 Å². The summed E-state index contributed by atoms with van der Waals surface area (Å²) < 4.78 is 4.79. The molecule has 1 amide bonds. The zero-order valence-electron chi connectivity index (χ0n) is 11.9. The molecule has 104 valence electrons. The molecule has 0 atom stereocenters. The number of methoxy groups -OCH3 is 1. The molecule has 2 rings (SSSR count). The monoisotopic (exact) mass is 261 g/mol. The highest BCUT2D eigenvalue weighted by molar-refractivity contribution is 5.68. The standard InChI is InChI=1S/C16H23NO2/c1-3-4-7-10-16(17-15(18)19-2)11-13-8-5-6-9-14(13)12-16/h5-6,8-9H,3-4,7,10-12H2,1-2H3,(H,17,18). The van der Waals surface area contributed by atoms with Gasteiger partial charge in [0.1, 0.15) is 0 Å². The number of amides is 1. The molecule has 1 aliphatic rings. The molecule has 0 bridgehead atoms. The van der Waals surface area contributed by atoms with Crippen molar-refractivity contribution in [2.75, 3.05) is 7.11 Å². The second-order valence-corrected chi connectivity index (χ2v) is 5.48. The molecule has 1 aliphatic carbocycles. The van der Waals surface area contributed by atoms with Gasteiger partial charge in [0.25, 0.3) is 0 Å². The van der Waals surface area contributed by atoms with Crippen molar-refractivity contribution in [3.8, 4) is 0 Å². The van der Waals surface area contributed by atoms with E-state index in [-0.39, 0.29) is 11.6 Å². The Hall–Kier alpha value is -1.51. The third kappa shape index (κ3) is 3.28. The Bertz CT molecular complexity index is 417. The molecule has 0 fully saturated rings. The fraction of sp³-hybridized carbons (Fsp3) is 0.562. The van der Waals surface area contributed by atoms with E-state index in [4.69, 9.17) is 4.74 Å². The maximum Gasteiger partial charge on any atom is 0.407 e. The third-order valence-electron chi connectivity index (χ3n) is 3.99. The fourth-order valence-corrected chi connectivity index (χ4v) is 3.00. The molecule has 1 aromatic rings. The average molecular weight is 261 g/mol. The summed E-state index contributed by atoms with van der Waals surface area (Å²) in [5.74, 6) is 0. The number of carbonyl (C=O) groups excluding carboxylic acids is 1. The van der Waals surface area contributed by atoms with Crippen LogP contribution in [0.4, 0.5) is 4.79 Å². The molecular weight excluding hydrogens is 238 g/mol. The number of alkyl carbamates (subject to hydrolysis) is 1. The van der Waals surface area contributed by atoms with E-state index in [9.17, 15) is 4.79 Å². The molecule has 0 saturated heterocycles. The first-order valence-electron chi connectivity index (χ1n) is 7.12. The molecule has 0 spiro atoms. The van der Waals surface area contributed by atoms with Crippen molar-refractivity contribution in [3.63, 3.8) is 0 Å². The minimum absolute atomic E-state index is 0.147. The van der Waals surface area contributed by atoms with E-state index in [1.165, 1.54) is 31.1 Å². The summed E-state index contributed by atoms with van der Waals surface area (Å²) in [5, 5.41) is 3.09. The number of ether oxygens (including phenoxy) is 1. The first-order valence-corrected chi connectivity index (χ1v) is 7.12. The summed E-state index contributed by atoms with van der Waals surface area (Å²) in [6.45, 7) is 2.20. The van der Waals surface area contributed by atoms with Crippen LogP contribution in [0.15, 0.2) is 24.3 Å². The van der Waals surface area contributed by atoms with Crippen molar-refractivity contribution >= 4 is 6.09 Å². The number of fused-ring (bicyclic) bond motifs is 1. The van der Waals surface area contributed by atoms with Gasteiger partial charge in [-0.25, -0.2) is 4.79 Å². The second kappa shape index (κ2) is 6.09. The lowest BCUT2D eigenvalue weighted by atomic mass is 9.89. The largest absolute Gasteiger partial charge is 0.453 e. The topological polar surface area (TPSA) is 38.3 Å². The van der Waals surface area contributed by atoms with Gasteiger partial charge in [0.2, 0.25) is 0 Å². The minimum Gasteiger partial charge on any atom is -0.453 e. The van der Waals surface area contributed by atoms with E-state index < -0.39 is 0 Å². The van der Waals surface area contributed by atoms with Crippen molar-refractivity contribution in [2.45, 2.75) is 51.0 Å². The van der Waals surface area contributed by atoms with Gasteiger partial charge in [0.15, 0.2) is 0 Å². The number of hydrogen-bond donors (Lipinski definition) is 1. The van der Waals surface area contributed by atoms with Crippen LogP contribution in [0.1, 0.15) is 43.7 Å². The molecule has 1 aromatic carbocycles. The summed E-state index contributed by atoms with van der Waals surface area (Å²) in [7, 11) is 1.43. The lowest BCUT2D eigenvalue weighted by Crippen LogP contribution is -2.49. The van der Waals surface area contributed by atoms with Crippen molar-refractivity contribution in [3.05, 3.63) is 35.4 Å². The molecular formula is C16H23NO2. The molecule has 0 radical (unpaired) electrons. The van der Waals surface area contributed by atoms with Gasteiger partial charge in [-0.15, -0.1) is 0 Å². The number of hydrogen-bond acceptors (Lipinski definition) is 2. The number of nitrogens with one attached hydrogen (secondary N) is 1. The van der Waals surface area contributed by atoms with Crippen LogP contribution in [-0.4, -0.2) is 18.7 Å². The van der Waals surface area contributed by atoms with Gasteiger partial charge in [-0.1, -0.05) is 50.5 Å². The molecule has 1 N–H and O–H groups in total. The smallest absolute Gasteiger partial charge is 0.407 e. The Balaban J connectivity index is 2.11. The predicted octanol–water partition coefficient (Wildman–Crippen LogP) is 3.46. The molecule has 0 heterocycles. The van der Waals surface area contributed by atoms with Crippen molar-refractivity contribution in [2.24, 2.45) is 0 Å². The Morgan fingerprint density at radius 1 is 1.26 bits per heavy atom. The molecule has 0 unspecified atom stereocenters. The second-order valence-electron chi connectivity index (χ2n) is 5.48. The van der Waals surface area contributed by atoms with E-state index in [1.54, 1.807) is 0 Å². The number of rotatable bonds is 5. The zero-order chi connectivity index (χ0) is 13.7. The average Bonchev–Trinajstić information content (AvgIpc) is 2.77. The summed E-state index contributed by atoms with van der Waals surface area (Å²) in [5.41, 5.74) is 2.57. The first-order chi connectivity index (χ1) is 9.19. The van der Waals surface area contributed by atoms with Crippen LogP contribution in [0, 0.1) is 0 Å². The summed E-state index contributed by atoms with van der Waals surface area (Å²) >= 11 is 0. The first kappa shape index (κ1) is 13.9. The lowest BCUT2D eigenvalue weighted by molar-refractivity contribution is 0.153. The summed E-state index contributed by atoms with van der Waals surface area (Å²) in [4.78, 5) is 11.6. The molecule has 19 heavy (non-hydrogen) atoms. The van der Waals surface area contributed by atoms with E-state index in [0.29, 0.717) is 0 Å². The number of benzene rings is 1. The van der Waals surface area contributed by atoms with Gasteiger partial charge in [-0.2, -0.15) is 0 Å². The maximum absolute atomic E-state index is 11.6. The van der Waals surface area contributed by atoms with E-state index >= 15 is 0 Å². The molecule has 0 aliphatic heterocycles. The van der Waals surface area contributed by atoms with E-state index in [0.717, 1.165) is 25.7 Å². The van der Waals surface area contributed by atoms with Crippen molar-refractivity contribution < 1.29 is 9.53 Å². The molecule has 0 saturated carbocycles. The van der Waals surface area contributed by atoms with Crippen LogP contribution in [0.2, 0.25) is 0 Å². The van der Waals surface area contributed by atoms with Gasteiger partial charge in [-0.3, -0.25) is 0 Å².